The highest BCUT2D eigenvalue weighted by Crippen LogP contribution is 2.41. The highest BCUT2D eigenvalue weighted by atomic mass is 16.5. The molecule has 0 amide bonds. The van der Waals surface area contributed by atoms with Crippen molar-refractivity contribution in [3.05, 3.63) is 0 Å². The molecule has 1 spiro atoms. The zero-order valence-corrected chi connectivity index (χ0v) is 10.4. The maximum atomic E-state index is 5.62. The Morgan fingerprint density at radius 1 is 1.20 bits per heavy atom. The van der Waals surface area contributed by atoms with Crippen LogP contribution in [0.5, 0.6) is 0 Å². The van der Waals surface area contributed by atoms with Crippen molar-refractivity contribution in [1.29, 1.82) is 0 Å². The van der Waals surface area contributed by atoms with Crippen LogP contribution < -0.4 is 5.32 Å². The Balaban J connectivity index is 1.91. The van der Waals surface area contributed by atoms with Gasteiger partial charge in [0.05, 0.1) is 13.2 Å². The van der Waals surface area contributed by atoms with Crippen molar-refractivity contribution in [3.63, 3.8) is 0 Å². The van der Waals surface area contributed by atoms with Crippen molar-refractivity contribution in [2.24, 2.45) is 11.3 Å². The van der Waals surface area contributed by atoms with Crippen molar-refractivity contribution in [3.8, 4) is 0 Å². The molecule has 0 aromatic rings. The maximum Gasteiger partial charge on any atom is 0.0648 e. The van der Waals surface area contributed by atoms with Crippen LogP contribution in [0, 0.1) is 11.3 Å². The van der Waals surface area contributed by atoms with Gasteiger partial charge in [0.1, 0.15) is 0 Å². The Bertz CT molecular complexity index is 203. The van der Waals surface area contributed by atoms with Crippen LogP contribution in [0.25, 0.3) is 0 Å². The molecule has 1 aliphatic heterocycles. The molecule has 1 N–H and O–H groups in total. The van der Waals surface area contributed by atoms with E-state index in [1.54, 1.807) is 0 Å². The van der Waals surface area contributed by atoms with E-state index in [-0.39, 0.29) is 0 Å². The number of morpholine rings is 1. The summed E-state index contributed by atoms with van der Waals surface area (Å²) in [5.74, 6) is 0.895. The second kappa shape index (κ2) is 4.06. The summed E-state index contributed by atoms with van der Waals surface area (Å²) in [6, 6.07) is 0. The molecule has 1 saturated heterocycles. The average Bonchev–Trinajstić information content (AvgIpc) is 2.18. The third-order valence-electron chi connectivity index (χ3n) is 4.29. The second-order valence-corrected chi connectivity index (χ2v) is 6.40. The Morgan fingerprint density at radius 2 is 1.87 bits per heavy atom. The summed E-state index contributed by atoms with van der Waals surface area (Å²) < 4.78 is 5.62. The number of hydrogen-bond donors (Lipinski definition) is 1. The molecule has 0 aromatic heterocycles. The van der Waals surface area contributed by atoms with Gasteiger partial charge < -0.3 is 10.1 Å². The summed E-state index contributed by atoms with van der Waals surface area (Å²) in [6.45, 7) is 10.00. The summed E-state index contributed by atoms with van der Waals surface area (Å²) in [5.41, 5.74) is 0.817. The summed E-state index contributed by atoms with van der Waals surface area (Å²) in [6.07, 6.45) is 5.32. The Hall–Kier alpha value is -0.0800. The molecule has 0 radical (unpaired) electrons. The van der Waals surface area contributed by atoms with E-state index >= 15 is 0 Å². The van der Waals surface area contributed by atoms with E-state index in [1.165, 1.54) is 25.7 Å². The molecule has 0 bridgehead atoms. The lowest BCUT2D eigenvalue weighted by Gasteiger charge is -2.46. The van der Waals surface area contributed by atoms with Gasteiger partial charge in [-0.3, -0.25) is 0 Å². The first-order valence-corrected chi connectivity index (χ1v) is 6.35. The molecule has 1 saturated carbocycles. The molecular formula is C13H25NO. The van der Waals surface area contributed by atoms with Gasteiger partial charge in [0.25, 0.3) is 0 Å². The van der Waals surface area contributed by atoms with Crippen molar-refractivity contribution in [2.45, 2.75) is 52.0 Å². The lowest BCUT2D eigenvalue weighted by atomic mass is 9.67. The van der Waals surface area contributed by atoms with Crippen LogP contribution >= 0.6 is 0 Å². The quantitative estimate of drug-likeness (QED) is 0.665. The minimum Gasteiger partial charge on any atom is -0.378 e. The van der Waals surface area contributed by atoms with Gasteiger partial charge in [-0.25, -0.2) is 0 Å². The summed E-state index contributed by atoms with van der Waals surface area (Å²) in [7, 11) is 0. The Labute approximate surface area is 93.8 Å². The molecule has 0 aromatic carbocycles. The molecule has 2 aliphatic rings. The standard InChI is InChI=1S/C13H25NO/c1-12(2,3)11-4-6-13(7-5-11)10-15-9-8-14-13/h11,14H,4-10H2,1-3H3. The van der Waals surface area contributed by atoms with Gasteiger partial charge in [-0.05, 0) is 37.0 Å². The molecule has 0 atom stereocenters. The monoisotopic (exact) mass is 211 g/mol. The Kier molecular flexibility index (Phi) is 3.09. The number of nitrogens with one attached hydrogen (secondary N) is 1. The van der Waals surface area contributed by atoms with E-state index < -0.39 is 0 Å². The summed E-state index contributed by atoms with van der Waals surface area (Å²) >= 11 is 0. The second-order valence-electron chi connectivity index (χ2n) is 6.40. The first kappa shape index (κ1) is 11.4. The first-order chi connectivity index (χ1) is 7.02. The van der Waals surface area contributed by atoms with Crippen molar-refractivity contribution in [2.75, 3.05) is 19.8 Å². The number of rotatable bonds is 0. The minimum absolute atomic E-state index is 0.333. The fourth-order valence-electron chi connectivity index (χ4n) is 3.06. The fraction of sp³-hybridized carbons (Fsp3) is 1.00. The topological polar surface area (TPSA) is 21.3 Å². The third kappa shape index (κ3) is 2.54. The highest BCUT2D eigenvalue weighted by Gasteiger charge is 2.39. The highest BCUT2D eigenvalue weighted by molar-refractivity contribution is 4.96. The van der Waals surface area contributed by atoms with Gasteiger partial charge in [0.2, 0.25) is 0 Å². The predicted octanol–water partition coefficient (Wildman–Crippen LogP) is 2.58. The zero-order valence-electron chi connectivity index (χ0n) is 10.4. The fourth-order valence-corrected chi connectivity index (χ4v) is 3.06. The van der Waals surface area contributed by atoms with Gasteiger partial charge >= 0.3 is 0 Å². The van der Waals surface area contributed by atoms with Crippen LogP contribution in [0.1, 0.15) is 46.5 Å². The van der Waals surface area contributed by atoms with Gasteiger partial charge in [-0.1, -0.05) is 20.8 Å². The molecule has 1 aliphatic carbocycles. The van der Waals surface area contributed by atoms with E-state index in [9.17, 15) is 0 Å². The summed E-state index contributed by atoms with van der Waals surface area (Å²) in [5, 5.41) is 3.68. The smallest absolute Gasteiger partial charge is 0.0648 e. The molecule has 15 heavy (non-hydrogen) atoms. The van der Waals surface area contributed by atoms with Crippen LogP contribution in [0.15, 0.2) is 0 Å². The van der Waals surface area contributed by atoms with Crippen molar-refractivity contribution >= 4 is 0 Å². The van der Waals surface area contributed by atoms with Crippen LogP contribution in [-0.2, 0) is 4.74 Å². The van der Waals surface area contributed by atoms with Crippen molar-refractivity contribution in [1.82, 2.24) is 5.32 Å². The van der Waals surface area contributed by atoms with E-state index in [0.29, 0.717) is 11.0 Å². The number of ether oxygens (including phenoxy) is 1. The van der Waals surface area contributed by atoms with Crippen LogP contribution in [0.3, 0.4) is 0 Å². The van der Waals surface area contributed by atoms with E-state index in [2.05, 4.69) is 26.1 Å². The lowest BCUT2D eigenvalue weighted by Crippen LogP contribution is -2.56. The number of hydrogen-bond acceptors (Lipinski definition) is 2. The molecule has 2 heteroatoms. The lowest BCUT2D eigenvalue weighted by molar-refractivity contribution is -0.00805. The van der Waals surface area contributed by atoms with Gasteiger partial charge in [0, 0.05) is 12.1 Å². The SMILES string of the molecule is CC(C)(C)C1CCC2(CC1)COCCN2. The van der Waals surface area contributed by atoms with Gasteiger partial charge in [-0.15, -0.1) is 0 Å². The molecule has 2 nitrogen and oxygen atoms in total. The van der Waals surface area contributed by atoms with Gasteiger partial charge in [0.15, 0.2) is 0 Å². The van der Waals surface area contributed by atoms with Crippen LogP contribution in [0.2, 0.25) is 0 Å². The summed E-state index contributed by atoms with van der Waals surface area (Å²) in [4.78, 5) is 0. The van der Waals surface area contributed by atoms with Crippen LogP contribution in [0.4, 0.5) is 0 Å². The van der Waals surface area contributed by atoms with Crippen molar-refractivity contribution < 1.29 is 4.74 Å². The van der Waals surface area contributed by atoms with Gasteiger partial charge in [-0.2, -0.15) is 0 Å². The van der Waals surface area contributed by atoms with E-state index in [0.717, 1.165) is 25.7 Å². The zero-order chi connectivity index (χ0) is 10.9. The van der Waals surface area contributed by atoms with E-state index in [4.69, 9.17) is 4.74 Å². The first-order valence-electron chi connectivity index (χ1n) is 6.35. The maximum absolute atomic E-state index is 5.62. The van der Waals surface area contributed by atoms with Crippen LogP contribution in [-0.4, -0.2) is 25.3 Å². The Morgan fingerprint density at radius 3 is 2.33 bits per heavy atom. The third-order valence-corrected chi connectivity index (χ3v) is 4.29. The van der Waals surface area contributed by atoms with E-state index in [1.807, 2.05) is 0 Å². The molecule has 0 unspecified atom stereocenters. The molecule has 2 rings (SSSR count). The molecule has 1 heterocycles. The predicted molar refractivity (Wildman–Crippen MR) is 63.0 cm³/mol. The minimum atomic E-state index is 0.333. The normalized spacial score (nSPS) is 38.2. The molecule has 88 valence electrons. The average molecular weight is 211 g/mol. The largest absolute Gasteiger partial charge is 0.378 e. The molecule has 2 fully saturated rings. The molecular weight excluding hydrogens is 186 g/mol.